The van der Waals surface area contributed by atoms with Gasteiger partial charge in [0.2, 0.25) is 5.91 Å². The number of urea groups is 1. The highest BCUT2D eigenvalue weighted by atomic mass is 16.3. The number of carbonyl (C=O) groups is 3. The van der Waals surface area contributed by atoms with Crippen molar-refractivity contribution in [2.24, 2.45) is 0 Å². The number of carbonyl (C=O) groups excluding carboxylic acids is 3. The zero-order valence-corrected chi connectivity index (χ0v) is 16.3. The van der Waals surface area contributed by atoms with Gasteiger partial charge in [0, 0.05) is 13.0 Å². The Labute approximate surface area is 168 Å². The molecule has 0 radical (unpaired) electrons. The van der Waals surface area contributed by atoms with E-state index in [4.69, 9.17) is 8.83 Å². The SMILES string of the molecule is O=C(CCN1C(=O)NC2(CCCCC2)C1=O)N(Cc1ccco1)Cc1ccco1. The van der Waals surface area contributed by atoms with Gasteiger partial charge in [-0.15, -0.1) is 0 Å². The van der Waals surface area contributed by atoms with E-state index >= 15 is 0 Å². The van der Waals surface area contributed by atoms with Crippen molar-refractivity contribution in [1.82, 2.24) is 15.1 Å². The number of hydrogen-bond acceptors (Lipinski definition) is 5. The predicted octanol–water partition coefficient (Wildman–Crippen LogP) is 3.05. The van der Waals surface area contributed by atoms with Gasteiger partial charge >= 0.3 is 6.03 Å². The Hall–Kier alpha value is -3.03. The lowest BCUT2D eigenvalue weighted by atomic mass is 9.82. The highest BCUT2D eigenvalue weighted by Crippen LogP contribution is 2.33. The Morgan fingerprint density at radius 3 is 2.21 bits per heavy atom. The molecular weight excluding hydrogens is 374 g/mol. The summed E-state index contributed by atoms with van der Waals surface area (Å²) in [4.78, 5) is 41.0. The van der Waals surface area contributed by atoms with Gasteiger partial charge in [-0.05, 0) is 37.1 Å². The number of nitrogens with zero attached hydrogens (tertiary/aromatic N) is 2. The highest BCUT2D eigenvalue weighted by molar-refractivity contribution is 6.07. The zero-order chi connectivity index (χ0) is 20.3. The molecule has 8 heteroatoms. The second kappa shape index (κ2) is 8.14. The normalized spacial score (nSPS) is 18.3. The Kier molecular flexibility index (Phi) is 5.42. The molecule has 0 aromatic carbocycles. The zero-order valence-electron chi connectivity index (χ0n) is 16.3. The lowest BCUT2D eigenvalue weighted by molar-refractivity contribution is -0.135. The molecule has 4 rings (SSSR count). The molecule has 1 spiro atoms. The van der Waals surface area contributed by atoms with Crippen molar-refractivity contribution in [2.75, 3.05) is 6.54 Å². The van der Waals surface area contributed by atoms with Crippen LogP contribution in [-0.4, -0.2) is 39.7 Å². The number of amides is 4. The minimum Gasteiger partial charge on any atom is -0.467 e. The molecule has 29 heavy (non-hydrogen) atoms. The van der Waals surface area contributed by atoms with Gasteiger partial charge < -0.3 is 19.1 Å². The second-order valence-electron chi connectivity index (χ2n) is 7.69. The molecule has 0 atom stereocenters. The van der Waals surface area contributed by atoms with Gasteiger partial charge in [0.25, 0.3) is 5.91 Å². The van der Waals surface area contributed by atoms with E-state index in [1.54, 1.807) is 41.7 Å². The lowest BCUT2D eigenvalue weighted by Gasteiger charge is -2.30. The van der Waals surface area contributed by atoms with E-state index in [1.165, 1.54) is 4.90 Å². The smallest absolute Gasteiger partial charge is 0.325 e. The van der Waals surface area contributed by atoms with Crippen LogP contribution in [0.3, 0.4) is 0 Å². The summed E-state index contributed by atoms with van der Waals surface area (Å²) in [5, 5.41) is 2.88. The average Bonchev–Trinajstić information content (AvgIpc) is 3.45. The predicted molar refractivity (Wildman–Crippen MR) is 102 cm³/mol. The quantitative estimate of drug-likeness (QED) is 0.722. The fourth-order valence-corrected chi connectivity index (χ4v) is 4.15. The summed E-state index contributed by atoms with van der Waals surface area (Å²) in [6.45, 7) is 0.644. The van der Waals surface area contributed by atoms with E-state index in [9.17, 15) is 14.4 Å². The van der Waals surface area contributed by atoms with E-state index < -0.39 is 11.6 Å². The molecule has 8 nitrogen and oxygen atoms in total. The first-order valence-corrected chi connectivity index (χ1v) is 10.0. The number of nitrogens with one attached hydrogen (secondary N) is 1. The monoisotopic (exact) mass is 399 g/mol. The summed E-state index contributed by atoms with van der Waals surface area (Å²) in [6, 6.07) is 6.73. The van der Waals surface area contributed by atoms with Crippen LogP contribution in [0.1, 0.15) is 50.0 Å². The summed E-state index contributed by atoms with van der Waals surface area (Å²) < 4.78 is 10.7. The molecule has 2 fully saturated rings. The lowest BCUT2D eigenvalue weighted by Crippen LogP contribution is -2.48. The molecular formula is C21H25N3O5. The molecule has 0 unspecified atom stereocenters. The van der Waals surface area contributed by atoms with Crippen molar-refractivity contribution in [3.63, 3.8) is 0 Å². The molecule has 4 amide bonds. The van der Waals surface area contributed by atoms with E-state index in [2.05, 4.69) is 5.32 Å². The van der Waals surface area contributed by atoms with Crippen LogP contribution in [0.15, 0.2) is 45.6 Å². The van der Waals surface area contributed by atoms with E-state index in [0.717, 1.165) is 19.3 Å². The van der Waals surface area contributed by atoms with Crippen molar-refractivity contribution in [2.45, 2.75) is 57.2 Å². The highest BCUT2D eigenvalue weighted by Gasteiger charge is 2.51. The fourth-order valence-electron chi connectivity index (χ4n) is 4.15. The van der Waals surface area contributed by atoms with Crippen molar-refractivity contribution in [3.05, 3.63) is 48.3 Å². The van der Waals surface area contributed by atoms with Crippen molar-refractivity contribution in [1.29, 1.82) is 0 Å². The molecule has 154 valence electrons. The van der Waals surface area contributed by atoms with E-state index in [1.807, 2.05) is 0 Å². The van der Waals surface area contributed by atoms with Crippen molar-refractivity contribution >= 4 is 17.8 Å². The third-order valence-electron chi connectivity index (χ3n) is 5.71. The van der Waals surface area contributed by atoms with Gasteiger partial charge in [-0.2, -0.15) is 0 Å². The van der Waals surface area contributed by atoms with Gasteiger partial charge in [0.15, 0.2) is 0 Å². The third kappa shape index (κ3) is 4.06. The van der Waals surface area contributed by atoms with Crippen molar-refractivity contribution in [3.8, 4) is 0 Å². The van der Waals surface area contributed by atoms with Gasteiger partial charge in [0.05, 0.1) is 25.6 Å². The Morgan fingerprint density at radius 2 is 1.66 bits per heavy atom. The van der Waals surface area contributed by atoms with Gasteiger partial charge in [-0.3, -0.25) is 14.5 Å². The molecule has 1 saturated heterocycles. The van der Waals surface area contributed by atoms with Crippen LogP contribution in [0.4, 0.5) is 4.79 Å². The first-order chi connectivity index (χ1) is 14.1. The molecule has 0 bridgehead atoms. The number of furan rings is 2. The number of imide groups is 1. The van der Waals surface area contributed by atoms with Gasteiger partial charge in [-0.25, -0.2) is 4.79 Å². The van der Waals surface area contributed by atoms with Crippen LogP contribution in [0.25, 0.3) is 0 Å². The minimum atomic E-state index is -0.763. The van der Waals surface area contributed by atoms with Gasteiger partial charge in [-0.1, -0.05) is 19.3 Å². The standard InChI is InChI=1S/C21H25N3O5/c25-18(23(14-16-6-4-12-28-16)15-17-7-5-13-29-17)8-11-24-19(26)21(22-20(24)27)9-2-1-3-10-21/h4-7,12-13H,1-3,8-11,14-15H2,(H,22,27). The molecule has 1 saturated carbocycles. The second-order valence-corrected chi connectivity index (χ2v) is 7.69. The fraction of sp³-hybridized carbons (Fsp3) is 0.476. The van der Waals surface area contributed by atoms with E-state index in [-0.39, 0.29) is 37.9 Å². The minimum absolute atomic E-state index is 0.0522. The van der Waals surface area contributed by atoms with Gasteiger partial charge in [0.1, 0.15) is 17.1 Å². The maximum absolute atomic E-state index is 12.9. The topological polar surface area (TPSA) is 96.0 Å². The number of rotatable bonds is 7. The third-order valence-corrected chi connectivity index (χ3v) is 5.71. The Bertz CT molecular complexity index is 817. The summed E-state index contributed by atoms with van der Waals surface area (Å²) >= 11 is 0. The van der Waals surface area contributed by atoms with E-state index in [0.29, 0.717) is 24.4 Å². The summed E-state index contributed by atoms with van der Waals surface area (Å²) in [6.07, 6.45) is 7.45. The van der Waals surface area contributed by atoms with Crippen LogP contribution < -0.4 is 5.32 Å². The summed E-state index contributed by atoms with van der Waals surface area (Å²) in [7, 11) is 0. The summed E-state index contributed by atoms with van der Waals surface area (Å²) in [5.74, 6) is 0.934. The Balaban J connectivity index is 1.40. The molecule has 2 aromatic rings. The van der Waals surface area contributed by atoms with Crippen LogP contribution in [0, 0.1) is 0 Å². The van der Waals surface area contributed by atoms with Crippen LogP contribution in [0.2, 0.25) is 0 Å². The Morgan fingerprint density at radius 1 is 1.03 bits per heavy atom. The maximum Gasteiger partial charge on any atom is 0.325 e. The molecule has 2 aromatic heterocycles. The number of hydrogen-bond donors (Lipinski definition) is 1. The first-order valence-electron chi connectivity index (χ1n) is 10.0. The molecule has 1 aliphatic carbocycles. The summed E-state index contributed by atoms with van der Waals surface area (Å²) in [5.41, 5.74) is -0.763. The molecule has 2 aliphatic rings. The molecule has 1 aliphatic heterocycles. The first kappa shape index (κ1) is 19.3. The molecule has 3 heterocycles. The largest absolute Gasteiger partial charge is 0.467 e. The van der Waals surface area contributed by atoms with Crippen LogP contribution >= 0.6 is 0 Å². The van der Waals surface area contributed by atoms with Crippen LogP contribution in [0.5, 0.6) is 0 Å². The molecule has 1 N–H and O–H groups in total. The van der Waals surface area contributed by atoms with Crippen LogP contribution in [-0.2, 0) is 22.7 Å². The average molecular weight is 399 g/mol. The maximum atomic E-state index is 12.9. The van der Waals surface area contributed by atoms with Crippen molar-refractivity contribution < 1.29 is 23.2 Å².